The minimum Gasteiger partial charge on any atom is -0.352 e. The third kappa shape index (κ3) is 2.83. The lowest BCUT2D eigenvalue weighted by Crippen LogP contribution is -2.24. The van der Waals surface area contributed by atoms with Gasteiger partial charge in [0.2, 0.25) is 0 Å². The molecule has 0 bridgehead atoms. The van der Waals surface area contributed by atoms with Gasteiger partial charge in [-0.1, -0.05) is 0 Å². The van der Waals surface area contributed by atoms with Gasteiger partial charge in [0.25, 0.3) is 11.7 Å². The van der Waals surface area contributed by atoms with E-state index < -0.39 is 0 Å². The average molecular weight is 287 g/mol. The molecule has 102 valence electrons. The van der Waals surface area contributed by atoms with Crippen LogP contribution in [0, 0.1) is 0 Å². The Balaban J connectivity index is 1.49. The SMILES string of the molecule is O=C(NCCCc1cnc2ncnn2c1)c1ccsc1. The summed E-state index contributed by atoms with van der Waals surface area (Å²) < 4.78 is 1.65. The maximum atomic E-state index is 11.7. The maximum Gasteiger partial charge on any atom is 0.252 e. The number of carbonyl (C=O) groups excluding carboxylic acids is 1. The van der Waals surface area contributed by atoms with Crippen molar-refractivity contribution in [1.29, 1.82) is 0 Å². The van der Waals surface area contributed by atoms with Gasteiger partial charge in [0.1, 0.15) is 6.33 Å². The molecule has 0 spiro atoms. The Morgan fingerprint density at radius 2 is 2.35 bits per heavy atom. The van der Waals surface area contributed by atoms with Crippen molar-refractivity contribution in [2.45, 2.75) is 12.8 Å². The highest BCUT2D eigenvalue weighted by atomic mass is 32.1. The molecule has 0 atom stereocenters. The number of thiophene rings is 1. The Hall–Kier alpha value is -2.28. The first-order valence-corrected chi connectivity index (χ1v) is 7.22. The van der Waals surface area contributed by atoms with E-state index >= 15 is 0 Å². The van der Waals surface area contributed by atoms with Gasteiger partial charge in [-0.05, 0) is 29.9 Å². The number of carbonyl (C=O) groups is 1. The second-order valence-electron chi connectivity index (χ2n) is 4.34. The van der Waals surface area contributed by atoms with Gasteiger partial charge in [0.05, 0.1) is 0 Å². The van der Waals surface area contributed by atoms with Crippen LogP contribution in [0.5, 0.6) is 0 Å². The van der Waals surface area contributed by atoms with Crippen LogP contribution in [0.4, 0.5) is 0 Å². The molecule has 0 radical (unpaired) electrons. The molecule has 3 aromatic rings. The molecule has 1 N–H and O–H groups in total. The molecule has 3 rings (SSSR count). The minimum atomic E-state index is -0.0175. The monoisotopic (exact) mass is 287 g/mol. The van der Waals surface area contributed by atoms with Gasteiger partial charge in [-0.3, -0.25) is 4.79 Å². The number of nitrogens with zero attached hydrogens (tertiary/aromatic N) is 4. The predicted octanol–water partition coefficient (Wildman–Crippen LogP) is 1.55. The maximum absolute atomic E-state index is 11.7. The summed E-state index contributed by atoms with van der Waals surface area (Å²) in [6, 6.07) is 1.82. The molecule has 20 heavy (non-hydrogen) atoms. The van der Waals surface area contributed by atoms with Crippen molar-refractivity contribution < 1.29 is 4.79 Å². The predicted molar refractivity (Wildman–Crippen MR) is 75.8 cm³/mol. The fraction of sp³-hybridized carbons (Fsp3) is 0.231. The molecule has 1 amide bonds. The third-order valence-corrected chi connectivity index (χ3v) is 3.58. The summed E-state index contributed by atoms with van der Waals surface area (Å²) in [6.45, 7) is 0.643. The van der Waals surface area contributed by atoms with Crippen LogP contribution < -0.4 is 5.32 Å². The highest BCUT2D eigenvalue weighted by molar-refractivity contribution is 7.08. The zero-order chi connectivity index (χ0) is 13.8. The minimum absolute atomic E-state index is 0.0175. The number of hydrogen-bond acceptors (Lipinski definition) is 5. The van der Waals surface area contributed by atoms with Crippen molar-refractivity contribution in [3.05, 3.63) is 46.7 Å². The Bertz CT molecular complexity index is 706. The van der Waals surface area contributed by atoms with E-state index in [1.807, 2.05) is 23.0 Å². The topological polar surface area (TPSA) is 72.2 Å². The summed E-state index contributed by atoms with van der Waals surface area (Å²) in [6.07, 6.45) is 6.89. The number of rotatable bonds is 5. The van der Waals surface area contributed by atoms with E-state index in [1.165, 1.54) is 17.7 Å². The summed E-state index contributed by atoms with van der Waals surface area (Å²) in [5.41, 5.74) is 1.80. The van der Waals surface area contributed by atoms with Crippen LogP contribution >= 0.6 is 11.3 Å². The second kappa shape index (κ2) is 5.79. The first kappa shape index (κ1) is 12.7. The van der Waals surface area contributed by atoms with Crippen LogP contribution in [0.3, 0.4) is 0 Å². The van der Waals surface area contributed by atoms with Gasteiger partial charge in [0, 0.05) is 29.9 Å². The van der Waals surface area contributed by atoms with Crippen LogP contribution in [-0.2, 0) is 6.42 Å². The Morgan fingerprint density at radius 3 is 3.20 bits per heavy atom. The van der Waals surface area contributed by atoms with Crippen molar-refractivity contribution in [1.82, 2.24) is 24.9 Å². The average Bonchev–Trinajstić information content (AvgIpc) is 3.13. The lowest BCUT2D eigenvalue weighted by Gasteiger charge is -2.04. The molecule has 0 aliphatic carbocycles. The number of aryl methyl sites for hydroxylation is 1. The number of nitrogens with one attached hydrogen (secondary N) is 1. The van der Waals surface area contributed by atoms with Gasteiger partial charge in [0.15, 0.2) is 0 Å². The van der Waals surface area contributed by atoms with Crippen molar-refractivity contribution in [3.63, 3.8) is 0 Å². The molecule has 0 aromatic carbocycles. The molecule has 3 heterocycles. The van der Waals surface area contributed by atoms with E-state index in [1.54, 1.807) is 10.7 Å². The number of aromatic nitrogens is 4. The molecule has 6 nitrogen and oxygen atoms in total. The van der Waals surface area contributed by atoms with E-state index in [4.69, 9.17) is 0 Å². The van der Waals surface area contributed by atoms with Crippen molar-refractivity contribution in [2.75, 3.05) is 6.54 Å². The molecular formula is C13H13N5OS. The van der Waals surface area contributed by atoms with Crippen molar-refractivity contribution in [3.8, 4) is 0 Å². The molecule has 7 heteroatoms. The van der Waals surface area contributed by atoms with Crippen molar-refractivity contribution in [2.24, 2.45) is 0 Å². The van der Waals surface area contributed by atoms with Gasteiger partial charge in [-0.25, -0.2) is 9.50 Å². The van der Waals surface area contributed by atoms with Crippen LogP contribution in [0.25, 0.3) is 5.78 Å². The Kier molecular flexibility index (Phi) is 3.69. The molecule has 0 aliphatic rings. The van der Waals surface area contributed by atoms with E-state index in [0.717, 1.165) is 24.0 Å². The fourth-order valence-corrected chi connectivity index (χ4v) is 2.51. The summed E-state index contributed by atoms with van der Waals surface area (Å²) in [4.78, 5) is 19.9. The standard InChI is InChI=1S/C13H13N5OS/c19-12(11-3-5-20-8-11)14-4-1-2-10-6-15-13-16-9-17-18(13)7-10/h3,5-9H,1-2,4H2,(H,14,19). The highest BCUT2D eigenvalue weighted by Gasteiger charge is 2.04. The third-order valence-electron chi connectivity index (χ3n) is 2.90. The lowest BCUT2D eigenvalue weighted by atomic mass is 10.2. The van der Waals surface area contributed by atoms with Gasteiger partial charge in [-0.15, -0.1) is 0 Å². The molecule has 3 aromatic heterocycles. The molecule has 0 aliphatic heterocycles. The first-order chi connectivity index (χ1) is 9.83. The van der Waals surface area contributed by atoms with Gasteiger partial charge < -0.3 is 5.32 Å². The highest BCUT2D eigenvalue weighted by Crippen LogP contribution is 2.06. The fourth-order valence-electron chi connectivity index (χ4n) is 1.88. The van der Waals surface area contributed by atoms with E-state index in [9.17, 15) is 4.79 Å². The smallest absolute Gasteiger partial charge is 0.252 e. The van der Waals surface area contributed by atoms with Crippen LogP contribution in [-0.4, -0.2) is 32.0 Å². The molecule has 0 unspecified atom stereocenters. The molecule has 0 fully saturated rings. The van der Waals surface area contributed by atoms with Crippen molar-refractivity contribution >= 4 is 23.0 Å². The van der Waals surface area contributed by atoms with E-state index in [-0.39, 0.29) is 5.91 Å². The normalized spacial score (nSPS) is 10.8. The number of fused-ring (bicyclic) bond motifs is 1. The quantitative estimate of drug-likeness (QED) is 0.723. The van der Waals surface area contributed by atoms with Gasteiger partial charge >= 0.3 is 0 Å². The summed E-state index contributed by atoms with van der Waals surface area (Å²) >= 11 is 1.52. The first-order valence-electron chi connectivity index (χ1n) is 6.27. The van der Waals surface area contributed by atoms with Crippen LogP contribution in [0.15, 0.2) is 35.5 Å². The molecule has 0 saturated heterocycles. The zero-order valence-corrected chi connectivity index (χ0v) is 11.5. The number of hydrogen-bond donors (Lipinski definition) is 1. The van der Waals surface area contributed by atoms with Gasteiger partial charge in [-0.2, -0.15) is 21.4 Å². The lowest BCUT2D eigenvalue weighted by molar-refractivity contribution is 0.0953. The Labute approximate surface area is 119 Å². The summed E-state index contributed by atoms with van der Waals surface area (Å²) in [7, 11) is 0. The summed E-state index contributed by atoms with van der Waals surface area (Å²) in [5.74, 6) is 0.579. The largest absolute Gasteiger partial charge is 0.352 e. The molecular weight excluding hydrogens is 274 g/mol. The van der Waals surface area contributed by atoms with Crippen LogP contribution in [0.2, 0.25) is 0 Å². The summed E-state index contributed by atoms with van der Waals surface area (Å²) in [5, 5.41) is 10.7. The van der Waals surface area contributed by atoms with E-state index in [2.05, 4.69) is 20.4 Å². The van der Waals surface area contributed by atoms with Crippen LogP contribution in [0.1, 0.15) is 22.3 Å². The zero-order valence-electron chi connectivity index (χ0n) is 10.7. The second-order valence-corrected chi connectivity index (χ2v) is 5.12. The Morgan fingerprint density at radius 1 is 1.40 bits per heavy atom. The van der Waals surface area contributed by atoms with E-state index in [0.29, 0.717) is 12.3 Å². The number of amides is 1. The molecule has 0 saturated carbocycles.